The Labute approximate surface area is 250 Å². The Morgan fingerprint density at radius 3 is 2.24 bits per heavy atom. The van der Waals surface area contributed by atoms with E-state index >= 15 is 0 Å². The van der Waals surface area contributed by atoms with Crippen LogP contribution in [-0.2, 0) is 10.8 Å². The largest absolute Gasteiger partial charge is 0.506 e. The van der Waals surface area contributed by atoms with Gasteiger partial charge in [-0.05, 0) is 76.6 Å². The summed E-state index contributed by atoms with van der Waals surface area (Å²) in [6.45, 7) is 18.5. The van der Waals surface area contributed by atoms with E-state index in [1.807, 2.05) is 36.4 Å². The lowest BCUT2D eigenvalue weighted by Gasteiger charge is -2.38. The number of rotatable bonds is 4. The highest BCUT2D eigenvalue weighted by molar-refractivity contribution is 6.12. The number of hydrogen-bond donors (Lipinski definition) is 1. The summed E-state index contributed by atoms with van der Waals surface area (Å²) in [5, 5.41) is 11.2. The lowest BCUT2D eigenvalue weighted by molar-refractivity contribution is 0.331. The van der Waals surface area contributed by atoms with E-state index in [-0.39, 0.29) is 34.1 Å². The number of phenols is 1. The summed E-state index contributed by atoms with van der Waals surface area (Å²) in [6.07, 6.45) is 2.24. The predicted octanol–water partition coefficient (Wildman–Crippen LogP) is 9.15. The molecule has 42 heavy (non-hydrogen) atoms. The number of aromatic hydroxyl groups is 1. The number of para-hydroxylation sites is 1. The van der Waals surface area contributed by atoms with Crippen LogP contribution in [0.2, 0.25) is 0 Å². The van der Waals surface area contributed by atoms with Crippen LogP contribution >= 0.6 is 0 Å². The lowest BCUT2D eigenvalue weighted by atomic mass is 9.79. The van der Waals surface area contributed by atoms with Gasteiger partial charge in [-0.3, -0.25) is 4.99 Å². The topological polar surface area (TPSA) is 58.0 Å². The van der Waals surface area contributed by atoms with Gasteiger partial charge in [0.1, 0.15) is 22.9 Å². The van der Waals surface area contributed by atoms with Gasteiger partial charge in [-0.25, -0.2) is 4.98 Å². The van der Waals surface area contributed by atoms with Gasteiger partial charge < -0.3 is 14.7 Å². The molecule has 5 heteroatoms. The molecular weight excluding hydrogens is 518 g/mol. The van der Waals surface area contributed by atoms with Gasteiger partial charge in [-0.2, -0.15) is 0 Å². The highest BCUT2D eigenvalue weighted by atomic mass is 16.5. The van der Waals surface area contributed by atoms with Gasteiger partial charge in [0.2, 0.25) is 5.88 Å². The molecule has 1 aliphatic carbocycles. The van der Waals surface area contributed by atoms with Gasteiger partial charge in [0, 0.05) is 22.7 Å². The Morgan fingerprint density at radius 2 is 1.55 bits per heavy atom. The summed E-state index contributed by atoms with van der Waals surface area (Å²) in [5.41, 5.74) is 5.62. The number of amidine groups is 1. The number of nitrogens with zero attached hydrogens (tertiary/aromatic N) is 3. The average molecular weight is 562 g/mol. The van der Waals surface area contributed by atoms with Crippen molar-refractivity contribution in [2.24, 2.45) is 10.4 Å². The molecule has 218 valence electrons. The molecule has 2 aliphatic rings. The van der Waals surface area contributed by atoms with E-state index in [9.17, 15) is 5.11 Å². The molecule has 3 aromatic carbocycles. The van der Waals surface area contributed by atoms with E-state index in [0.717, 1.165) is 29.6 Å². The van der Waals surface area contributed by atoms with Crippen LogP contribution in [0.25, 0.3) is 10.9 Å². The minimum Gasteiger partial charge on any atom is -0.506 e. The summed E-state index contributed by atoms with van der Waals surface area (Å²) in [7, 11) is 0. The zero-order valence-corrected chi connectivity index (χ0v) is 26.2. The van der Waals surface area contributed by atoms with Crippen molar-refractivity contribution in [3.05, 3.63) is 89.5 Å². The minimum atomic E-state index is 0.0205. The molecule has 0 bridgehead atoms. The van der Waals surface area contributed by atoms with Crippen LogP contribution in [-0.4, -0.2) is 28.0 Å². The molecule has 5 nitrogen and oxygen atoms in total. The SMILES string of the molecule is CC(C)(C)c1cc(N2C(c3cccc(Oc4ccc5cccc(O)c5n4)c3)=N[C@H]3CCC(C)(C)[C@H]32)cc(C(C)(C)C)c1. The fraction of sp³-hybridized carbons (Fsp3) is 0.405. The molecule has 0 radical (unpaired) electrons. The van der Waals surface area contributed by atoms with Crippen molar-refractivity contribution < 1.29 is 9.84 Å². The zero-order valence-electron chi connectivity index (χ0n) is 26.2. The molecule has 4 aromatic rings. The Bertz CT molecular complexity index is 1660. The van der Waals surface area contributed by atoms with Crippen molar-refractivity contribution in [2.75, 3.05) is 4.90 Å². The third-order valence-corrected chi connectivity index (χ3v) is 8.96. The molecule has 1 aromatic heterocycles. The first kappa shape index (κ1) is 28.3. The maximum absolute atomic E-state index is 10.3. The van der Waals surface area contributed by atoms with Gasteiger partial charge >= 0.3 is 0 Å². The quantitative estimate of drug-likeness (QED) is 0.270. The molecule has 0 unspecified atom stereocenters. The fourth-order valence-electron chi connectivity index (χ4n) is 6.46. The molecule has 1 N–H and O–H groups in total. The summed E-state index contributed by atoms with van der Waals surface area (Å²) < 4.78 is 6.25. The second-order valence-electron chi connectivity index (χ2n) is 14.8. The summed E-state index contributed by atoms with van der Waals surface area (Å²) in [6, 6.07) is 25.0. The number of pyridine rings is 1. The third-order valence-electron chi connectivity index (χ3n) is 8.96. The van der Waals surface area contributed by atoms with E-state index in [2.05, 4.69) is 95.6 Å². The van der Waals surface area contributed by atoms with Crippen LogP contribution in [0.15, 0.2) is 77.8 Å². The normalized spacial score (nSPS) is 20.1. The average Bonchev–Trinajstić information content (AvgIpc) is 3.45. The lowest BCUT2D eigenvalue weighted by Crippen LogP contribution is -2.46. The fourth-order valence-corrected chi connectivity index (χ4v) is 6.46. The number of ether oxygens (including phenoxy) is 1. The minimum absolute atomic E-state index is 0.0205. The van der Waals surface area contributed by atoms with Gasteiger partial charge in [0.05, 0.1) is 12.1 Å². The van der Waals surface area contributed by atoms with E-state index in [1.165, 1.54) is 16.8 Å². The smallest absolute Gasteiger partial charge is 0.219 e. The summed E-state index contributed by atoms with van der Waals surface area (Å²) in [5.74, 6) is 2.27. The molecule has 1 aliphatic heterocycles. The van der Waals surface area contributed by atoms with Crippen LogP contribution in [0.3, 0.4) is 0 Å². The molecule has 6 rings (SSSR count). The molecule has 0 spiro atoms. The van der Waals surface area contributed by atoms with E-state index in [0.29, 0.717) is 17.1 Å². The van der Waals surface area contributed by atoms with Gasteiger partial charge in [0.15, 0.2) is 0 Å². The van der Waals surface area contributed by atoms with Crippen molar-refractivity contribution in [1.82, 2.24) is 4.98 Å². The highest BCUT2D eigenvalue weighted by Crippen LogP contribution is 2.48. The maximum atomic E-state index is 10.3. The number of anilines is 1. The van der Waals surface area contributed by atoms with Crippen LogP contribution in [0.1, 0.15) is 84.9 Å². The van der Waals surface area contributed by atoms with E-state index < -0.39 is 0 Å². The highest BCUT2D eigenvalue weighted by Gasteiger charge is 2.51. The number of hydrogen-bond acceptors (Lipinski definition) is 5. The molecule has 0 amide bonds. The second-order valence-corrected chi connectivity index (χ2v) is 14.8. The van der Waals surface area contributed by atoms with Crippen molar-refractivity contribution in [1.29, 1.82) is 0 Å². The molecule has 1 saturated carbocycles. The van der Waals surface area contributed by atoms with E-state index in [1.54, 1.807) is 6.07 Å². The third kappa shape index (κ3) is 5.14. The second kappa shape index (κ2) is 9.86. The van der Waals surface area contributed by atoms with Gasteiger partial charge in [-0.1, -0.05) is 85.7 Å². The zero-order chi connectivity index (χ0) is 30.0. The van der Waals surface area contributed by atoms with Gasteiger partial charge in [0.25, 0.3) is 0 Å². The van der Waals surface area contributed by atoms with Crippen molar-refractivity contribution in [2.45, 2.75) is 91.1 Å². The molecule has 2 atom stereocenters. The maximum Gasteiger partial charge on any atom is 0.219 e. The van der Waals surface area contributed by atoms with Gasteiger partial charge in [-0.15, -0.1) is 0 Å². The predicted molar refractivity (Wildman–Crippen MR) is 173 cm³/mol. The number of aliphatic imine (C=N–C) groups is 1. The van der Waals surface area contributed by atoms with Crippen LogP contribution in [0.5, 0.6) is 17.4 Å². The Morgan fingerprint density at radius 1 is 0.857 bits per heavy atom. The monoisotopic (exact) mass is 561 g/mol. The van der Waals surface area contributed by atoms with Crippen molar-refractivity contribution >= 4 is 22.4 Å². The first-order valence-corrected chi connectivity index (χ1v) is 15.1. The standard InChI is InChI=1S/C37H43N3O2/c1-35(2,3)25-20-26(36(4,5)6)22-27(21-25)40-33-29(17-18-37(33,7)8)38-34(40)24-12-9-13-28(19-24)42-31-16-15-23-11-10-14-30(41)32(23)39-31/h9-16,19-22,29,33,41H,17-18H2,1-8H3/t29-,33-/m0/s1. The Hall–Kier alpha value is -3.86. The number of benzene rings is 3. The molecular formula is C37H43N3O2. The number of aromatic nitrogens is 1. The molecule has 2 heterocycles. The van der Waals surface area contributed by atoms with Crippen LogP contribution in [0.4, 0.5) is 5.69 Å². The van der Waals surface area contributed by atoms with Crippen molar-refractivity contribution in [3.8, 4) is 17.4 Å². The Kier molecular flexibility index (Phi) is 6.64. The number of fused-ring (bicyclic) bond motifs is 2. The van der Waals surface area contributed by atoms with Crippen LogP contribution < -0.4 is 9.64 Å². The Balaban J connectivity index is 1.43. The van der Waals surface area contributed by atoms with E-state index in [4.69, 9.17) is 9.73 Å². The summed E-state index contributed by atoms with van der Waals surface area (Å²) >= 11 is 0. The first-order valence-electron chi connectivity index (χ1n) is 15.1. The first-order chi connectivity index (χ1) is 19.7. The number of phenolic OH excluding ortho intramolecular Hbond substituents is 1. The molecule has 0 saturated heterocycles. The molecule has 1 fully saturated rings. The summed E-state index contributed by atoms with van der Waals surface area (Å²) in [4.78, 5) is 12.5. The van der Waals surface area contributed by atoms with Crippen molar-refractivity contribution in [3.63, 3.8) is 0 Å². The van der Waals surface area contributed by atoms with Crippen LogP contribution in [0, 0.1) is 5.41 Å².